The molecule has 0 unspecified atom stereocenters. The quantitative estimate of drug-likeness (QED) is 0.458. The minimum atomic E-state index is -0.334. The molecule has 0 aliphatic carbocycles. The molecule has 1 aromatic carbocycles. The van der Waals surface area contributed by atoms with E-state index in [0.717, 1.165) is 45.4 Å². The fourth-order valence-corrected chi connectivity index (χ4v) is 3.98. The maximum atomic E-state index is 12.7. The van der Waals surface area contributed by atoms with Crippen LogP contribution < -0.4 is 27.0 Å². The molecule has 6 N–H and O–H groups in total. The fraction of sp³-hybridized carbons (Fsp3) is 0.455. The predicted molar refractivity (Wildman–Crippen MR) is 119 cm³/mol. The molecule has 2 aromatic rings. The van der Waals surface area contributed by atoms with Gasteiger partial charge in [0.05, 0.1) is 11.9 Å². The maximum Gasteiger partial charge on any atom is 0.274 e. The molecule has 31 heavy (non-hydrogen) atoms. The van der Waals surface area contributed by atoms with Crippen LogP contribution in [0.15, 0.2) is 30.5 Å². The number of piperidine rings is 1. The molecule has 2 aliphatic rings. The van der Waals surface area contributed by atoms with Gasteiger partial charge in [-0.15, -0.1) is 0 Å². The Bertz CT molecular complexity index is 937. The van der Waals surface area contributed by atoms with E-state index in [2.05, 4.69) is 31.2 Å². The number of nitrogens with two attached hydrogens (primary N) is 1. The van der Waals surface area contributed by atoms with Crippen LogP contribution in [0.1, 0.15) is 40.1 Å². The Morgan fingerprint density at radius 2 is 2.00 bits per heavy atom. The van der Waals surface area contributed by atoms with E-state index in [1.165, 1.54) is 6.20 Å². The van der Waals surface area contributed by atoms with Crippen LogP contribution in [0.5, 0.6) is 0 Å². The third-order valence-electron chi connectivity index (χ3n) is 5.78. The van der Waals surface area contributed by atoms with Crippen LogP contribution in [-0.4, -0.2) is 60.5 Å². The summed E-state index contributed by atoms with van der Waals surface area (Å²) in [6, 6.07) is 7.21. The van der Waals surface area contributed by atoms with Crippen molar-refractivity contribution in [2.45, 2.75) is 25.3 Å². The van der Waals surface area contributed by atoms with Crippen LogP contribution in [-0.2, 0) is 0 Å². The maximum absolute atomic E-state index is 12.7. The van der Waals surface area contributed by atoms with Gasteiger partial charge in [-0.1, -0.05) is 12.1 Å². The van der Waals surface area contributed by atoms with Gasteiger partial charge in [-0.3, -0.25) is 9.59 Å². The van der Waals surface area contributed by atoms with E-state index in [1.807, 2.05) is 6.07 Å². The van der Waals surface area contributed by atoms with Gasteiger partial charge in [0.15, 0.2) is 11.5 Å². The molecular weight excluding hydrogens is 394 g/mol. The SMILES string of the molecule is Nc1ncc(-c2cccc(C(=O)NC[C@@H]3CCNC3)c2)nc1C(=O)N[C@H]1CCCNC1. The molecule has 2 aliphatic heterocycles. The highest BCUT2D eigenvalue weighted by Crippen LogP contribution is 2.20. The number of nitrogen functional groups attached to an aromatic ring is 1. The topological polar surface area (TPSA) is 134 Å². The van der Waals surface area contributed by atoms with Crippen molar-refractivity contribution in [3.8, 4) is 11.3 Å². The second-order valence-corrected chi connectivity index (χ2v) is 8.16. The van der Waals surface area contributed by atoms with E-state index < -0.39 is 0 Å². The standard InChI is InChI=1S/C22H29N7O2/c23-20-19(22(31)28-17-5-2-7-24-12-17)29-18(13-26-20)15-3-1-4-16(9-15)21(30)27-11-14-6-8-25-10-14/h1,3-4,9,13-14,17,24-25H,2,5-8,10-12H2,(H2,23,26)(H,27,30)(H,28,31)/t14-,17+/m1/s1. The van der Waals surface area contributed by atoms with Crippen LogP contribution in [0.25, 0.3) is 11.3 Å². The zero-order chi connectivity index (χ0) is 21.6. The largest absolute Gasteiger partial charge is 0.382 e. The lowest BCUT2D eigenvalue weighted by atomic mass is 10.1. The second kappa shape index (κ2) is 9.84. The second-order valence-electron chi connectivity index (χ2n) is 8.16. The monoisotopic (exact) mass is 423 g/mol. The van der Waals surface area contributed by atoms with Crippen LogP contribution in [0.2, 0.25) is 0 Å². The molecule has 0 bridgehead atoms. The Kier molecular flexibility index (Phi) is 6.73. The number of hydrogen-bond acceptors (Lipinski definition) is 7. The van der Waals surface area contributed by atoms with Gasteiger partial charge < -0.3 is 27.0 Å². The van der Waals surface area contributed by atoms with Crippen LogP contribution in [0.3, 0.4) is 0 Å². The van der Waals surface area contributed by atoms with Crippen molar-refractivity contribution in [3.63, 3.8) is 0 Å². The average Bonchev–Trinajstić information content (AvgIpc) is 3.32. The van der Waals surface area contributed by atoms with Crippen molar-refractivity contribution in [2.24, 2.45) is 5.92 Å². The van der Waals surface area contributed by atoms with Crippen LogP contribution in [0, 0.1) is 5.92 Å². The molecular formula is C22H29N7O2. The molecule has 1 aromatic heterocycles. The Morgan fingerprint density at radius 1 is 1.13 bits per heavy atom. The summed E-state index contributed by atoms with van der Waals surface area (Å²) in [6.07, 6.45) is 4.52. The summed E-state index contributed by atoms with van der Waals surface area (Å²) in [5.74, 6) is 0.0964. The normalized spacial score (nSPS) is 20.9. The predicted octanol–water partition coefficient (Wildman–Crippen LogP) is 0.547. The molecule has 2 atom stereocenters. The molecule has 3 heterocycles. The summed E-state index contributed by atoms with van der Waals surface area (Å²) in [5.41, 5.74) is 7.78. The molecule has 9 nitrogen and oxygen atoms in total. The van der Waals surface area contributed by atoms with Gasteiger partial charge in [0.2, 0.25) is 0 Å². The van der Waals surface area contributed by atoms with Gasteiger partial charge in [0.25, 0.3) is 11.8 Å². The summed E-state index contributed by atoms with van der Waals surface area (Å²) in [6.45, 7) is 4.28. The molecule has 2 fully saturated rings. The number of carbonyl (C=O) groups excluding carboxylic acids is 2. The lowest BCUT2D eigenvalue weighted by Gasteiger charge is -2.23. The Labute approximate surface area is 181 Å². The number of carbonyl (C=O) groups is 2. The van der Waals surface area contributed by atoms with Gasteiger partial charge in [-0.05, 0) is 56.9 Å². The van der Waals surface area contributed by atoms with E-state index in [1.54, 1.807) is 18.2 Å². The fourth-order valence-electron chi connectivity index (χ4n) is 3.98. The molecule has 2 amide bonds. The highest BCUT2D eigenvalue weighted by Gasteiger charge is 2.21. The van der Waals surface area contributed by atoms with Gasteiger partial charge in [-0.2, -0.15) is 0 Å². The summed E-state index contributed by atoms with van der Waals surface area (Å²) in [4.78, 5) is 33.9. The number of benzene rings is 1. The number of hydrogen-bond donors (Lipinski definition) is 5. The van der Waals surface area contributed by atoms with E-state index in [0.29, 0.717) is 29.3 Å². The van der Waals surface area contributed by atoms with Gasteiger partial charge in [-0.25, -0.2) is 9.97 Å². The summed E-state index contributed by atoms with van der Waals surface area (Å²) in [5, 5.41) is 12.5. The first-order valence-electron chi connectivity index (χ1n) is 10.8. The number of nitrogens with one attached hydrogen (secondary N) is 4. The Morgan fingerprint density at radius 3 is 2.77 bits per heavy atom. The molecule has 164 valence electrons. The summed E-state index contributed by atoms with van der Waals surface area (Å²) in [7, 11) is 0. The zero-order valence-electron chi connectivity index (χ0n) is 17.5. The summed E-state index contributed by atoms with van der Waals surface area (Å²) < 4.78 is 0. The Hall–Kier alpha value is -3.04. The molecule has 0 radical (unpaired) electrons. The third kappa shape index (κ3) is 5.36. The first-order valence-corrected chi connectivity index (χ1v) is 10.8. The average molecular weight is 424 g/mol. The van der Waals surface area contributed by atoms with Crippen molar-refractivity contribution in [3.05, 3.63) is 41.7 Å². The number of rotatable bonds is 6. The summed E-state index contributed by atoms with van der Waals surface area (Å²) >= 11 is 0. The molecule has 4 rings (SSSR count). The van der Waals surface area contributed by atoms with Crippen molar-refractivity contribution in [1.29, 1.82) is 0 Å². The highest BCUT2D eigenvalue weighted by molar-refractivity contribution is 5.97. The highest BCUT2D eigenvalue weighted by atomic mass is 16.2. The van der Waals surface area contributed by atoms with Gasteiger partial charge in [0.1, 0.15) is 0 Å². The van der Waals surface area contributed by atoms with E-state index >= 15 is 0 Å². The Balaban J connectivity index is 1.47. The lowest BCUT2D eigenvalue weighted by molar-refractivity contribution is 0.0923. The zero-order valence-corrected chi connectivity index (χ0v) is 17.5. The van der Waals surface area contributed by atoms with E-state index in [-0.39, 0.29) is 29.4 Å². The molecule has 0 spiro atoms. The van der Waals surface area contributed by atoms with Crippen molar-refractivity contribution in [2.75, 3.05) is 38.5 Å². The van der Waals surface area contributed by atoms with Crippen molar-refractivity contribution < 1.29 is 9.59 Å². The van der Waals surface area contributed by atoms with Gasteiger partial charge in [0, 0.05) is 30.3 Å². The number of amides is 2. The lowest BCUT2D eigenvalue weighted by Crippen LogP contribution is -2.46. The molecule has 0 saturated carbocycles. The number of aromatic nitrogens is 2. The number of nitrogens with zero attached hydrogens (tertiary/aromatic N) is 2. The van der Waals surface area contributed by atoms with Crippen molar-refractivity contribution >= 4 is 17.6 Å². The third-order valence-corrected chi connectivity index (χ3v) is 5.78. The van der Waals surface area contributed by atoms with E-state index in [4.69, 9.17) is 5.73 Å². The van der Waals surface area contributed by atoms with Crippen molar-refractivity contribution in [1.82, 2.24) is 31.2 Å². The van der Waals surface area contributed by atoms with Crippen LogP contribution in [0.4, 0.5) is 5.82 Å². The minimum absolute atomic E-state index is 0.0493. The number of anilines is 1. The molecule has 9 heteroatoms. The smallest absolute Gasteiger partial charge is 0.274 e. The van der Waals surface area contributed by atoms with E-state index in [9.17, 15) is 9.59 Å². The molecule has 2 saturated heterocycles. The van der Waals surface area contributed by atoms with Gasteiger partial charge >= 0.3 is 0 Å². The first kappa shape index (κ1) is 21.2. The van der Waals surface area contributed by atoms with Crippen LogP contribution >= 0.6 is 0 Å². The first-order chi connectivity index (χ1) is 15.1. The minimum Gasteiger partial charge on any atom is -0.382 e.